The normalized spacial score (nSPS) is 15.1. The number of hydrogen-bond donors (Lipinski definition) is 2. The van der Waals surface area contributed by atoms with Gasteiger partial charge in [0.05, 0.1) is 21.5 Å². The van der Waals surface area contributed by atoms with Crippen LogP contribution < -0.4 is 11.1 Å². The first kappa shape index (κ1) is 20.3. The molecule has 6 heteroatoms. The number of carbonyl (C=O) groups excluding carboxylic acids is 1. The van der Waals surface area contributed by atoms with Gasteiger partial charge in [0.25, 0.3) is 5.91 Å². The van der Waals surface area contributed by atoms with E-state index in [0.717, 1.165) is 48.2 Å². The average Bonchev–Trinajstić information content (AvgIpc) is 3.18. The van der Waals surface area contributed by atoms with Crippen LogP contribution in [0.5, 0.6) is 0 Å². The summed E-state index contributed by atoms with van der Waals surface area (Å²) in [7, 11) is 0. The number of fused-ring (bicyclic) bond motifs is 1. The number of likely N-dealkylation sites (tertiary alicyclic amines) is 1. The van der Waals surface area contributed by atoms with Crippen LogP contribution >= 0.6 is 11.3 Å². The van der Waals surface area contributed by atoms with Crippen LogP contribution in [0.1, 0.15) is 41.9 Å². The van der Waals surface area contributed by atoms with E-state index in [4.69, 9.17) is 5.73 Å². The minimum absolute atomic E-state index is 0.383. The number of benzene rings is 1. The van der Waals surface area contributed by atoms with Crippen molar-refractivity contribution in [3.8, 4) is 0 Å². The molecule has 28 heavy (non-hydrogen) atoms. The van der Waals surface area contributed by atoms with Gasteiger partial charge < -0.3 is 11.1 Å². The van der Waals surface area contributed by atoms with Gasteiger partial charge in [-0.3, -0.25) is 14.7 Å². The van der Waals surface area contributed by atoms with Crippen molar-refractivity contribution in [1.29, 1.82) is 0 Å². The highest BCUT2D eigenvalue weighted by molar-refractivity contribution is 7.20. The Morgan fingerprint density at radius 1 is 1.21 bits per heavy atom. The van der Waals surface area contributed by atoms with Crippen LogP contribution in [0, 0.1) is 0 Å². The van der Waals surface area contributed by atoms with Crippen molar-refractivity contribution >= 4 is 33.0 Å². The molecule has 0 unspecified atom stereocenters. The molecule has 0 saturated carbocycles. The fraction of sp³-hybridized carbons (Fsp3) is 0.364. The van der Waals surface area contributed by atoms with Crippen molar-refractivity contribution in [2.24, 2.45) is 5.73 Å². The number of piperidine rings is 1. The predicted molar refractivity (Wildman–Crippen MR) is 118 cm³/mol. The van der Waals surface area contributed by atoms with Gasteiger partial charge in [0.15, 0.2) is 0 Å². The van der Waals surface area contributed by atoms with E-state index in [2.05, 4.69) is 45.5 Å². The number of nitrogens with two attached hydrogens (primary N) is 1. The van der Waals surface area contributed by atoms with E-state index in [1.807, 2.05) is 26.1 Å². The molecule has 0 spiro atoms. The molecule has 0 atom stereocenters. The van der Waals surface area contributed by atoms with Crippen molar-refractivity contribution in [3.63, 3.8) is 0 Å². The lowest BCUT2D eigenvalue weighted by Gasteiger charge is -2.33. The Balaban J connectivity index is 0.00000109. The van der Waals surface area contributed by atoms with Crippen molar-refractivity contribution in [2.75, 3.05) is 18.4 Å². The first-order valence-corrected chi connectivity index (χ1v) is 10.7. The van der Waals surface area contributed by atoms with Gasteiger partial charge in [0.1, 0.15) is 0 Å². The van der Waals surface area contributed by atoms with E-state index >= 15 is 0 Å². The number of hydrogen-bond acceptors (Lipinski definition) is 5. The van der Waals surface area contributed by atoms with Gasteiger partial charge in [-0.2, -0.15) is 0 Å². The number of nitrogens with one attached hydrogen (secondary N) is 1. The number of primary amides is 1. The summed E-state index contributed by atoms with van der Waals surface area (Å²) < 4.78 is 0.991. The van der Waals surface area contributed by atoms with Crippen LogP contribution in [0.25, 0.3) is 10.1 Å². The predicted octanol–water partition coefficient (Wildman–Crippen LogP) is 4.50. The number of thiophene rings is 1. The van der Waals surface area contributed by atoms with E-state index in [9.17, 15) is 4.79 Å². The Morgan fingerprint density at radius 3 is 2.61 bits per heavy atom. The third kappa shape index (κ3) is 4.88. The number of anilines is 1. The first-order valence-electron chi connectivity index (χ1n) is 9.89. The van der Waals surface area contributed by atoms with Crippen LogP contribution in [-0.4, -0.2) is 34.9 Å². The molecular weight excluding hydrogens is 368 g/mol. The van der Waals surface area contributed by atoms with Crippen LogP contribution in [-0.2, 0) is 6.54 Å². The Labute approximate surface area is 170 Å². The monoisotopic (exact) mass is 396 g/mol. The van der Waals surface area contributed by atoms with E-state index < -0.39 is 0 Å². The minimum Gasteiger partial charge on any atom is -0.380 e. The van der Waals surface area contributed by atoms with Crippen molar-refractivity contribution < 1.29 is 4.79 Å². The summed E-state index contributed by atoms with van der Waals surface area (Å²) in [5.74, 6) is -0.383. The Morgan fingerprint density at radius 2 is 1.93 bits per heavy atom. The summed E-state index contributed by atoms with van der Waals surface area (Å²) >= 11 is 1.40. The van der Waals surface area contributed by atoms with E-state index in [0.29, 0.717) is 10.9 Å². The molecule has 1 amide bonds. The van der Waals surface area contributed by atoms with Gasteiger partial charge >= 0.3 is 0 Å². The molecule has 4 rings (SSSR count). The molecule has 5 nitrogen and oxygen atoms in total. The zero-order chi connectivity index (χ0) is 19.9. The molecule has 148 valence electrons. The molecule has 1 fully saturated rings. The lowest BCUT2D eigenvalue weighted by atomic mass is 10.0. The molecular formula is C22H28N4OS. The molecule has 0 aliphatic carbocycles. The summed E-state index contributed by atoms with van der Waals surface area (Å²) in [4.78, 5) is 18.8. The van der Waals surface area contributed by atoms with Crippen LogP contribution in [0.3, 0.4) is 0 Å². The molecule has 1 aliphatic heterocycles. The number of aromatic nitrogens is 1. The Kier molecular flexibility index (Phi) is 7.01. The maximum absolute atomic E-state index is 11.4. The quantitative estimate of drug-likeness (QED) is 0.666. The average molecular weight is 397 g/mol. The van der Waals surface area contributed by atoms with Crippen LogP contribution in [0.2, 0.25) is 0 Å². The first-order chi connectivity index (χ1) is 13.7. The lowest BCUT2D eigenvalue weighted by Crippen LogP contribution is -2.38. The van der Waals surface area contributed by atoms with Gasteiger partial charge in [-0.25, -0.2) is 0 Å². The van der Waals surface area contributed by atoms with E-state index in [1.54, 1.807) is 6.20 Å². The molecule has 3 aromatic rings. The largest absolute Gasteiger partial charge is 0.380 e. The highest BCUT2D eigenvalue weighted by atomic mass is 32.1. The summed E-state index contributed by atoms with van der Waals surface area (Å²) in [6.07, 6.45) is 5.82. The summed E-state index contributed by atoms with van der Waals surface area (Å²) in [5.41, 5.74) is 7.77. The van der Waals surface area contributed by atoms with Gasteiger partial charge in [-0.15, -0.1) is 11.3 Å². The van der Waals surface area contributed by atoms with Crippen LogP contribution in [0.4, 0.5) is 5.69 Å². The number of pyridine rings is 1. The summed E-state index contributed by atoms with van der Waals surface area (Å²) in [6.45, 7) is 7.16. The number of nitrogens with zero attached hydrogens (tertiary/aromatic N) is 2. The highest BCUT2D eigenvalue weighted by Crippen LogP contribution is 2.31. The second kappa shape index (κ2) is 9.66. The molecule has 1 aromatic carbocycles. The Hall–Kier alpha value is -2.44. The zero-order valence-electron chi connectivity index (χ0n) is 16.5. The maximum atomic E-state index is 11.4. The fourth-order valence-corrected chi connectivity index (χ4v) is 4.40. The summed E-state index contributed by atoms with van der Waals surface area (Å²) in [5, 5.41) is 4.66. The van der Waals surface area contributed by atoms with E-state index in [1.165, 1.54) is 16.9 Å². The van der Waals surface area contributed by atoms with Gasteiger partial charge in [0, 0.05) is 37.3 Å². The molecule has 2 aromatic heterocycles. The zero-order valence-corrected chi connectivity index (χ0v) is 17.3. The topological polar surface area (TPSA) is 71.2 Å². The molecule has 0 bridgehead atoms. The highest BCUT2D eigenvalue weighted by Gasteiger charge is 2.20. The second-order valence-electron chi connectivity index (χ2n) is 6.75. The minimum atomic E-state index is -0.383. The number of rotatable bonds is 5. The van der Waals surface area contributed by atoms with Crippen LogP contribution in [0.15, 0.2) is 48.8 Å². The smallest absolute Gasteiger partial charge is 0.258 e. The van der Waals surface area contributed by atoms with Gasteiger partial charge in [-0.1, -0.05) is 44.2 Å². The molecule has 1 aliphatic rings. The third-order valence-electron chi connectivity index (χ3n) is 4.89. The SMILES string of the molecule is CC.NC(=O)c1cc2c(NC3CCN(Cc4ccccc4)CC3)cncc2s1. The van der Waals surface area contributed by atoms with Crippen molar-refractivity contribution in [1.82, 2.24) is 9.88 Å². The van der Waals surface area contributed by atoms with Gasteiger partial charge in [-0.05, 0) is 24.5 Å². The maximum Gasteiger partial charge on any atom is 0.258 e. The standard InChI is InChI=1S/C20H22N4OS.C2H6/c21-20(25)18-10-16-17(11-22-12-19(16)26-18)23-15-6-8-24(9-7-15)13-14-4-2-1-3-5-14;1-2/h1-5,10-12,15,23H,6-9,13H2,(H2,21,25);1-2H3. The number of carbonyl (C=O) groups is 1. The number of amides is 1. The fourth-order valence-electron chi connectivity index (χ4n) is 3.49. The summed E-state index contributed by atoms with van der Waals surface area (Å²) in [6, 6.07) is 12.9. The third-order valence-corrected chi connectivity index (χ3v) is 5.97. The van der Waals surface area contributed by atoms with Gasteiger partial charge in [0.2, 0.25) is 0 Å². The van der Waals surface area contributed by atoms with E-state index in [-0.39, 0.29) is 5.91 Å². The molecule has 3 heterocycles. The molecule has 3 N–H and O–H groups in total. The molecule has 1 saturated heterocycles. The molecule has 0 radical (unpaired) electrons. The van der Waals surface area contributed by atoms with Crippen molar-refractivity contribution in [3.05, 3.63) is 59.2 Å². The Bertz CT molecular complexity index is 901. The van der Waals surface area contributed by atoms with Crippen molar-refractivity contribution in [2.45, 2.75) is 39.3 Å². The second-order valence-corrected chi connectivity index (χ2v) is 7.84. The lowest BCUT2D eigenvalue weighted by molar-refractivity contribution is 0.100.